The molecule has 3 rings (SSSR count). The van der Waals surface area contributed by atoms with Crippen LogP contribution in [0.1, 0.15) is 23.1 Å². The van der Waals surface area contributed by atoms with E-state index in [4.69, 9.17) is 0 Å². The maximum atomic E-state index is 12.2. The van der Waals surface area contributed by atoms with Crippen LogP contribution in [-0.2, 0) is 13.1 Å². The largest absolute Gasteiger partial charge is 0.345 e. The second-order valence-electron chi connectivity index (χ2n) is 4.95. The van der Waals surface area contributed by atoms with E-state index in [9.17, 15) is 4.79 Å². The Bertz CT molecular complexity index is 808. The Kier molecular flexibility index (Phi) is 4.24. The van der Waals surface area contributed by atoms with Crippen LogP contribution in [0.2, 0.25) is 0 Å². The normalized spacial score (nSPS) is 10.8. The lowest BCUT2D eigenvalue weighted by Gasteiger charge is -2.08. The van der Waals surface area contributed by atoms with Crippen LogP contribution in [0.4, 0.5) is 0 Å². The fourth-order valence-electron chi connectivity index (χ4n) is 2.48. The zero-order chi connectivity index (χ0) is 15.5. The van der Waals surface area contributed by atoms with Crippen LogP contribution >= 0.6 is 15.9 Å². The van der Waals surface area contributed by atoms with Gasteiger partial charge in [-0.3, -0.25) is 4.79 Å². The van der Waals surface area contributed by atoms with Gasteiger partial charge in [0.05, 0.1) is 17.6 Å². The molecule has 1 aromatic heterocycles. The maximum absolute atomic E-state index is 12.2. The molecule has 1 heterocycles. The highest BCUT2D eigenvalue weighted by Crippen LogP contribution is 2.16. The van der Waals surface area contributed by atoms with Crippen molar-refractivity contribution in [3.05, 3.63) is 64.4 Å². The van der Waals surface area contributed by atoms with Crippen molar-refractivity contribution in [3.8, 4) is 0 Å². The minimum atomic E-state index is -0.0952. The summed E-state index contributed by atoms with van der Waals surface area (Å²) in [5.41, 5.74) is 2.69. The van der Waals surface area contributed by atoms with Crippen molar-refractivity contribution in [2.45, 2.75) is 20.0 Å². The fourth-order valence-corrected chi connectivity index (χ4v) is 2.74. The molecule has 0 spiro atoms. The third-order valence-electron chi connectivity index (χ3n) is 3.56. The number of nitrogens with one attached hydrogen (secondary N) is 1. The molecular formula is C17H16BrN3O. The predicted molar refractivity (Wildman–Crippen MR) is 90.7 cm³/mol. The summed E-state index contributed by atoms with van der Waals surface area (Å²) in [6.45, 7) is 3.32. The Morgan fingerprint density at radius 2 is 1.91 bits per heavy atom. The van der Waals surface area contributed by atoms with Crippen molar-refractivity contribution in [1.82, 2.24) is 14.9 Å². The average Bonchev–Trinajstić information content (AvgIpc) is 2.90. The lowest BCUT2D eigenvalue weighted by Crippen LogP contribution is -2.24. The van der Waals surface area contributed by atoms with Gasteiger partial charge in [0, 0.05) is 16.6 Å². The summed E-state index contributed by atoms with van der Waals surface area (Å²) in [4.78, 5) is 16.8. The second-order valence-corrected chi connectivity index (χ2v) is 5.87. The summed E-state index contributed by atoms with van der Waals surface area (Å²) < 4.78 is 3.08. The number of carbonyl (C=O) groups excluding carboxylic acids is 1. The second kappa shape index (κ2) is 6.32. The van der Waals surface area contributed by atoms with E-state index in [1.165, 1.54) is 0 Å². The monoisotopic (exact) mass is 357 g/mol. The van der Waals surface area contributed by atoms with Crippen molar-refractivity contribution >= 4 is 32.9 Å². The Morgan fingerprint density at radius 3 is 2.64 bits per heavy atom. The van der Waals surface area contributed by atoms with Crippen molar-refractivity contribution in [2.75, 3.05) is 0 Å². The van der Waals surface area contributed by atoms with Crippen LogP contribution in [0.3, 0.4) is 0 Å². The van der Waals surface area contributed by atoms with Crippen LogP contribution < -0.4 is 5.32 Å². The molecule has 3 aromatic rings. The molecule has 1 amide bonds. The van der Waals surface area contributed by atoms with Crippen molar-refractivity contribution in [1.29, 1.82) is 0 Å². The summed E-state index contributed by atoms with van der Waals surface area (Å²) in [6.07, 6.45) is 0. The molecular weight excluding hydrogens is 342 g/mol. The first-order valence-corrected chi connectivity index (χ1v) is 7.96. The first kappa shape index (κ1) is 14.8. The third kappa shape index (κ3) is 2.90. The molecule has 4 nitrogen and oxygen atoms in total. The first-order chi connectivity index (χ1) is 10.7. The van der Waals surface area contributed by atoms with Gasteiger partial charge in [0.25, 0.3) is 5.91 Å². The molecule has 112 valence electrons. The topological polar surface area (TPSA) is 46.9 Å². The first-order valence-electron chi connectivity index (χ1n) is 7.17. The summed E-state index contributed by atoms with van der Waals surface area (Å²) in [7, 11) is 0. The molecule has 0 saturated carbocycles. The van der Waals surface area contributed by atoms with Gasteiger partial charge >= 0.3 is 0 Å². The zero-order valence-electron chi connectivity index (χ0n) is 12.2. The van der Waals surface area contributed by atoms with Crippen LogP contribution in [0.25, 0.3) is 11.0 Å². The molecule has 0 aliphatic carbocycles. The van der Waals surface area contributed by atoms with E-state index >= 15 is 0 Å². The Labute approximate surface area is 137 Å². The molecule has 22 heavy (non-hydrogen) atoms. The number of fused-ring (bicyclic) bond motifs is 1. The molecule has 0 radical (unpaired) electrons. The number of halogens is 1. The maximum Gasteiger partial charge on any atom is 0.251 e. The summed E-state index contributed by atoms with van der Waals surface area (Å²) in [5, 5.41) is 2.93. The Hall–Kier alpha value is -2.14. The molecule has 0 aliphatic rings. The van der Waals surface area contributed by atoms with E-state index in [-0.39, 0.29) is 5.91 Å². The van der Waals surface area contributed by atoms with Gasteiger partial charge in [0.2, 0.25) is 0 Å². The molecule has 1 N–H and O–H groups in total. The summed E-state index contributed by atoms with van der Waals surface area (Å²) in [6, 6.07) is 15.3. The van der Waals surface area contributed by atoms with Gasteiger partial charge in [-0.1, -0.05) is 28.1 Å². The number of aryl methyl sites for hydroxylation is 1. The lowest BCUT2D eigenvalue weighted by molar-refractivity contribution is 0.0949. The number of benzene rings is 2. The molecule has 0 bridgehead atoms. The number of aromatic nitrogens is 2. The number of hydrogen-bond donors (Lipinski definition) is 1. The molecule has 0 unspecified atom stereocenters. The van der Waals surface area contributed by atoms with Crippen LogP contribution in [0.15, 0.2) is 53.0 Å². The number of carbonyl (C=O) groups is 1. The number of hydrogen-bond acceptors (Lipinski definition) is 2. The van der Waals surface area contributed by atoms with Crippen molar-refractivity contribution in [3.63, 3.8) is 0 Å². The molecule has 0 atom stereocenters. The van der Waals surface area contributed by atoms with Crippen molar-refractivity contribution < 1.29 is 4.79 Å². The van der Waals surface area contributed by atoms with Gasteiger partial charge in [0.1, 0.15) is 5.82 Å². The highest BCUT2D eigenvalue weighted by atomic mass is 79.9. The molecule has 0 fully saturated rings. The number of imidazole rings is 1. The predicted octanol–water partition coefficient (Wildman–Crippen LogP) is 3.75. The van der Waals surface area contributed by atoms with E-state index in [0.29, 0.717) is 12.1 Å². The quantitative estimate of drug-likeness (QED) is 0.772. The minimum Gasteiger partial charge on any atom is -0.345 e. The smallest absolute Gasteiger partial charge is 0.251 e. The van der Waals surface area contributed by atoms with Gasteiger partial charge < -0.3 is 9.88 Å². The Morgan fingerprint density at radius 1 is 1.18 bits per heavy atom. The molecule has 0 saturated heterocycles. The van der Waals surface area contributed by atoms with Gasteiger partial charge in [-0.2, -0.15) is 0 Å². The van der Waals surface area contributed by atoms with Crippen LogP contribution in [0.5, 0.6) is 0 Å². The van der Waals surface area contributed by atoms with Gasteiger partial charge in [-0.15, -0.1) is 0 Å². The van der Waals surface area contributed by atoms with Crippen LogP contribution in [0, 0.1) is 0 Å². The number of para-hydroxylation sites is 2. The van der Waals surface area contributed by atoms with E-state index in [1.54, 1.807) is 12.1 Å². The molecule has 2 aromatic carbocycles. The van der Waals surface area contributed by atoms with E-state index < -0.39 is 0 Å². The lowest BCUT2D eigenvalue weighted by atomic mass is 10.2. The van der Waals surface area contributed by atoms with Gasteiger partial charge in [0.15, 0.2) is 0 Å². The number of rotatable bonds is 4. The fraction of sp³-hybridized carbons (Fsp3) is 0.176. The molecule has 5 heteroatoms. The Balaban J connectivity index is 1.79. The average molecular weight is 358 g/mol. The standard InChI is InChI=1S/C17H16BrN3O/c1-2-21-15-6-4-3-5-14(15)20-16(21)11-19-17(22)12-7-9-13(18)10-8-12/h3-10H,2,11H2,1H3,(H,19,22). The van der Waals surface area contributed by atoms with E-state index in [2.05, 4.69) is 37.7 Å². The summed E-state index contributed by atoms with van der Waals surface area (Å²) >= 11 is 3.36. The highest BCUT2D eigenvalue weighted by Gasteiger charge is 2.11. The SMILES string of the molecule is CCn1c(CNC(=O)c2ccc(Br)cc2)nc2ccccc21. The third-order valence-corrected chi connectivity index (χ3v) is 4.09. The van der Waals surface area contributed by atoms with Crippen molar-refractivity contribution in [2.24, 2.45) is 0 Å². The van der Waals surface area contributed by atoms with Gasteiger partial charge in [-0.05, 0) is 43.3 Å². The van der Waals surface area contributed by atoms with Gasteiger partial charge in [-0.25, -0.2) is 4.98 Å². The van der Waals surface area contributed by atoms with E-state index in [0.717, 1.165) is 27.9 Å². The highest BCUT2D eigenvalue weighted by molar-refractivity contribution is 9.10. The van der Waals surface area contributed by atoms with E-state index in [1.807, 2.05) is 36.4 Å². The summed E-state index contributed by atoms with van der Waals surface area (Å²) in [5.74, 6) is 0.774. The minimum absolute atomic E-state index is 0.0952. The number of amides is 1. The zero-order valence-corrected chi connectivity index (χ0v) is 13.8. The van der Waals surface area contributed by atoms with Crippen LogP contribution in [-0.4, -0.2) is 15.5 Å². The number of nitrogens with zero attached hydrogens (tertiary/aromatic N) is 2. The molecule has 0 aliphatic heterocycles.